The van der Waals surface area contributed by atoms with Crippen LogP contribution in [-0.2, 0) is 4.79 Å². The molecular weight excluding hydrogens is 508 g/mol. The number of piperidine rings is 1. The average Bonchev–Trinajstić information content (AvgIpc) is 3.03. The highest BCUT2D eigenvalue weighted by Crippen LogP contribution is 2.39. The molecule has 0 radical (unpaired) electrons. The van der Waals surface area contributed by atoms with Crippen molar-refractivity contribution in [3.8, 4) is 5.75 Å². The fourth-order valence-corrected chi connectivity index (χ4v) is 5.58. The minimum Gasteiger partial charge on any atom is -0.495 e. The van der Waals surface area contributed by atoms with E-state index in [1.165, 1.54) is 20.4 Å². The zero-order valence-corrected chi connectivity index (χ0v) is 22.3. The zero-order valence-electron chi connectivity index (χ0n) is 22.3. The van der Waals surface area contributed by atoms with Crippen LogP contribution in [0.5, 0.6) is 5.75 Å². The summed E-state index contributed by atoms with van der Waals surface area (Å²) in [5.41, 5.74) is 1.21. The number of methoxy groups -OCH3 is 1. The first kappa shape index (κ1) is 27.0. The summed E-state index contributed by atoms with van der Waals surface area (Å²) in [6.07, 6.45) is 7.80. The number of hydrogen-bond donors (Lipinski definition) is 3. The minimum atomic E-state index is -3.55. The highest BCUT2D eigenvalue weighted by Gasteiger charge is 2.48. The maximum absolute atomic E-state index is 14.9. The number of carbonyl (C=O) groups is 2. The molecule has 1 aliphatic carbocycles. The summed E-state index contributed by atoms with van der Waals surface area (Å²) >= 11 is 0. The molecule has 1 saturated carbocycles. The van der Waals surface area contributed by atoms with E-state index in [0.29, 0.717) is 22.8 Å². The number of nitrogens with one attached hydrogen (secondary N) is 3. The highest BCUT2D eigenvalue weighted by atomic mass is 19.3. The number of ether oxygens (including phenoxy) is 1. The summed E-state index contributed by atoms with van der Waals surface area (Å²) in [6.45, 7) is 0.968. The third-order valence-corrected chi connectivity index (χ3v) is 7.73. The zero-order chi connectivity index (χ0) is 27.6. The lowest BCUT2D eigenvalue weighted by atomic mass is 9.94. The lowest BCUT2D eigenvalue weighted by Crippen LogP contribution is -2.49. The second-order valence-electron chi connectivity index (χ2n) is 10.4. The van der Waals surface area contributed by atoms with Crippen LogP contribution >= 0.6 is 0 Å². The third kappa shape index (κ3) is 5.75. The van der Waals surface area contributed by atoms with Gasteiger partial charge in [-0.25, -0.2) is 4.98 Å². The van der Waals surface area contributed by atoms with Gasteiger partial charge in [-0.3, -0.25) is 9.59 Å². The van der Waals surface area contributed by atoms with Crippen molar-refractivity contribution in [3.05, 3.63) is 30.0 Å². The summed E-state index contributed by atoms with van der Waals surface area (Å²) < 4.78 is 35.4. The van der Waals surface area contributed by atoms with Crippen LogP contribution in [-0.4, -0.2) is 73.6 Å². The van der Waals surface area contributed by atoms with Crippen LogP contribution < -0.4 is 30.5 Å². The van der Waals surface area contributed by atoms with Crippen LogP contribution in [0.3, 0.4) is 0 Å². The van der Waals surface area contributed by atoms with Gasteiger partial charge >= 0.3 is 5.92 Å². The number of anilines is 4. The van der Waals surface area contributed by atoms with Crippen LogP contribution in [0.25, 0.3) is 0 Å². The Kier molecular flexibility index (Phi) is 7.83. The Morgan fingerprint density at radius 1 is 1.18 bits per heavy atom. The number of fused-ring (bicyclic) bond motifs is 1. The van der Waals surface area contributed by atoms with Crippen molar-refractivity contribution >= 4 is 35.0 Å². The highest BCUT2D eigenvalue weighted by molar-refractivity contribution is 6.02. The van der Waals surface area contributed by atoms with Crippen molar-refractivity contribution in [1.29, 1.82) is 0 Å². The van der Waals surface area contributed by atoms with Crippen molar-refractivity contribution < 1.29 is 23.1 Å². The molecule has 10 nitrogen and oxygen atoms in total. The van der Waals surface area contributed by atoms with Gasteiger partial charge in [0, 0.05) is 31.2 Å². The van der Waals surface area contributed by atoms with Gasteiger partial charge in [0.2, 0.25) is 5.95 Å². The second kappa shape index (κ2) is 11.3. The van der Waals surface area contributed by atoms with E-state index in [0.717, 1.165) is 62.9 Å². The summed E-state index contributed by atoms with van der Waals surface area (Å²) in [5.74, 6) is -4.13. The van der Waals surface area contributed by atoms with Crippen LogP contribution in [0.2, 0.25) is 0 Å². The molecule has 3 aliphatic rings. The van der Waals surface area contributed by atoms with Crippen molar-refractivity contribution in [2.75, 3.05) is 48.9 Å². The van der Waals surface area contributed by atoms with Gasteiger partial charge < -0.3 is 30.5 Å². The average molecular weight is 544 g/mol. The molecule has 5 rings (SSSR count). The van der Waals surface area contributed by atoms with Gasteiger partial charge in [0.1, 0.15) is 11.4 Å². The smallest absolute Gasteiger partial charge is 0.342 e. The van der Waals surface area contributed by atoms with E-state index in [2.05, 4.69) is 25.9 Å². The van der Waals surface area contributed by atoms with Gasteiger partial charge in [0.15, 0.2) is 5.82 Å². The molecule has 2 aromatic rings. The quantitative estimate of drug-likeness (QED) is 0.508. The Labute approximate surface area is 226 Å². The van der Waals surface area contributed by atoms with E-state index in [9.17, 15) is 18.4 Å². The number of nitrogens with zero attached hydrogens (tertiary/aromatic N) is 4. The Bertz CT molecular complexity index is 1220. The summed E-state index contributed by atoms with van der Waals surface area (Å²) in [6, 6.07) is 4.95. The molecule has 2 aliphatic heterocycles. The van der Waals surface area contributed by atoms with Crippen molar-refractivity contribution in [3.63, 3.8) is 0 Å². The predicted molar refractivity (Wildman–Crippen MR) is 144 cm³/mol. The van der Waals surface area contributed by atoms with E-state index in [4.69, 9.17) is 4.74 Å². The molecule has 0 bridgehead atoms. The molecule has 3 N–H and O–H groups in total. The molecule has 1 saturated heterocycles. The largest absolute Gasteiger partial charge is 0.495 e. The van der Waals surface area contributed by atoms with Gasteiger partial charge in [0.25, 0.3) is 11.8 Å². The maximum Gasteiger partial charge on any atom is 0.342 e. The van der Waals surface area contributed by atoms with E-state index in [1.807, 2.05) is 0 Å². The standard InChI is InChI=1S/C27H35F2N7O3/c1-35-21-15-31-26(34-23(21)36(16-27(28,29)25(35)38)19-8-4-3-5-9-19)33-20-11-10-17(13-22(20)39-2)24(37)32-18-7-6-12-30-14-18/h10-11,13,15,18-19,30H,3-9,12,14,16H2,1-2H3,(H,32,37)(H,31,33,34). The molecule has 1 atom stereocenters. The first-order valence-corrected chi connectivity index (χ1v) is 13.5. The van der Waals surface area contributed by atoms with Gasteiger partial charge in [0.05, 0.1) is 25.5 Å². The molecule has 1 aromatic carbocycles. The lowest BCUT2D eigenvalue weighted by Gasteiger charge is -2.35. The van der Waals surface area contributed by atoms with E-state index >= 15 is 0 Å². The second-order valence-corrected chi connectivity index (χ2v) is 10.4. The molecule has 0 spiro atoms. The molecule has 1 unspecified atom stereocenters. The van der Waals surface area contributed by atoms with Gasteiger partial charge in [-0.2, -0.15) is 13.8 Å². The van der Waals surface area contributed by atoms with Crippen LogP contribution in [0.1, 0.15) is 55.3 Å². The van der Waals surface area contributed by atoms with Crippen molar-refractivity contribution in [2.45, 2.75) is 63.0 Å². The Balaban J connectivity index is 1.41. The number of halogens is 2. The lowest BCUT2D eigenvalue weighted by molar-refractivity contribution is -0.140. The third-order valence-electron chi connectivity index (χ3n) is 7.73. The molecule has 2 fully saturated rings. The van der Waals surface area contributed by atoms with Crippen LogP contribution in [0.4, 0.5) is 31.9 Å². The van der Waals surface area contributed by atoms with E-state index < -0.39 is 18.4 Å². The molecular formula is C27H35F2N7O3. The molecule has 2 amide bonds. The van der Waals surface area contributed by atoms with Gasteiger partial charge in [-0.1, -0.05) is 19.3 Å². The monoisotopic (exact) mass is 543 g/mol. The number of amides is 2. The van der Waals surface area contributed by atoms with Crippen molar-refractivity contribution in [1.82, 2.24) is 20.6 Å². The van der Waals surface area contributed by atoms with Gasteiger partial charge in [-0.05, 0) is 50.4 Å². The summed E-state index contributed by atoms with van der Waals surface area (Å²) in [4.78, 5) is 36.8. The van der Waals surface area contributed by atoms with E-state index in [1.54, 1.807) is 23.1 Å². The summed E-state index contributed by atoms with van der Waals surface area (Å²) in [5, 5.41) is 9.43. The first-order chi connectivity index (χ1) is 18.8. The van der Waals surface area contributed by atoms with Crippen LogP contribution in [0.15, 0.2) is 24.4 Å². The molecule has 12 heteroatoms. The van der Waals surface area contributed by atoms with Crippen LogP contribution in [0, 0.1) is 0 Å². The fraction of sp³-hybridized carbons (Fsp3) is 0.556. The predicted octanol–water partition coefficient (Wildman–Crippen LogP) is 3.46. The molecule has 39 heavy (non-hydrogen) atoms. The number of rotatable bonds is 6. The number of benzene rings is 1. The molecule has 1 aromatic heterocycles. The molecule has 210 valence electrons. The van der Waals surface area contributed by atoms with Crippen molar-refractivity contribution in [2.24, 2.45) is 0 Å². The maximum atomic E-state index is 14.9. The Morgan fingerprint density at radius 2 is 1.97 bits per heavy atom. The van der Waals surface area contributed by atoms with E-state index in [-0.39, 0.29) is 29.6 Å². The topological polar surface area (TPSA) is 112 Å². The fourth-order valence-electron chi connectivity index (χ4n) is 5.58. The first-order valence-electron chi connectivity index (χ1n) is 13.5. The number of aromatic nitrogens is 2. The number of hydrogen-bond acceptors (Lipinski definition) is 8. The minimum absolute atomic E-state index is 0.0764. The SMILES string of the molecule is COc1cc(C(=O)NC2CCCNC2)ccc1Nc1ncc2c(n1)N(C1CCCCC1)CC(F)(F)C(=O)N2C. The molecule has 3 heterocycles. The normalized spacial score (nSPS) is 21.6. The Morgan fingerprint density at radius 3 is 2.69 bits per heavy atom. The van der Waals surface area contributed by atoms with Gasteiger partial charge in [-0.15, -0.1) is 0 Å². The summed E-state index contributed by atoms with van der Waals surface area (Å²) in [7, 11) is 2.82. The number of carbonyl (C=O) groups excluding carboxylic acids is 2. The number of alkyl halides is 2. The Hall–Kier alpha value is -3.54.